The van der Waals surface area contributed by atoms with Crippen LogP contribution in [0.5, 0.6) is 0 Å². The molecule has 1 saturated carbocycles. The van der Waals surface area contributed by atoms with Crippen LogP contribution in [0.1, 0.15) is 31.1 Å². The molecule has 5 rings (SSSR count). The van der Waals surface area contributed by atoms with Crippen molar-refractivity contribution < 1.29 is 17.3 Å². The maximum Gasteiger partial charge on any atom is 0.276 e. The molecule has 2 aliphatic rings. The van der Waals surface area contributed by atoms with Crippen LogP contribution in [0.15, 0.2) is 50.7 Å². The van der Waals surface area contributed by atoms with Gasteiger partial charge in [0.25, 0.3) is 15.9 Å². The van der Waals surface area contributed by atoms with E-state index >= 15 is 0 Å². The van der Waals surface area contributed by atoms with Crippen molar-refractivity contribution in [2.75, 3.05) is 31.1 Å². The highest BCUT2D eigenvalue weighted by Crippen LogP contribution is 2.37. The zero-order valence-electron chi connectivity index (χ0n) is 15.8. The van der Waals surface area contributed by atoms with Crippen molar-refractivity contribution in [2.45, 2.75) is 30.3 Å². The molecule has 1 saturated heterocycles. The Labute approximate surface area is 168 Å². The number of hydrogen-bond donors (Lipinski definition) is 0. The fraction of sp³-hybridized carbons (Fsp3) is 0.421. The molecule has 0 spiro atoms. The van der Waals surface area contributed by atoms with E-state index in [0.29, 0.717) is 43.6 Å². The number of furan rings is 1. The number of pyridine rings is 1. The lowest BCUT2D eigenvalue weighted by Crippen LogP contribution is -2.48. The Bertz CT molecular complexity index is 1080. The predicted molar refractivity (Wildman–Crippen MR) is 104 cm³/mol. The van der Waals surface area contributed by atoms with Crippen LogP contribution in [-0.2, 0) is 10.0 Å². The Kier molecular flexibility index (Phi) is 4.59. The summed E-state index contributed by atoms with van der Waals surface area (Å²) < 4.78 is 38.5. The van der Waals surface area contributed by atoms with Crippen LogP contribution >= 0.6 is 0 Å². The van der Waals surface area contributed by atoms with E-state index < -0.39 is 10.0 Å². The Balaban J connectivity index is 1.29. The first kappa shape index (κ1) is 18.3. The van der Waals surface area contributed by atoms with Crippen molar-refractivity contribution >= 4 is 15.8 Å². The minimum atomic E-state index is -3.73. The maximum atomic E-state index is 13.0. The Hall–Kier alpha value is -2.72. The van der Waals surface area contributed by atoms with E-state index in [1.54, 1.807) is 6.20 Å². The van der Waals surface area contributed by atoms with Crippen molar-refractivity contribution in [3.8, 4) is 11.5 Å². The third kappa shape index (κ3) is 3.42. The van der Waals surface area contributed by atoms with Gasteiger partial charge in [-0.25, -0.2) is 13.4 Å². The first-order chi connectivity index (χ1) is 14.1. The molecule has 0 bridgehead atoms. The van der Waals surface area contributed by atoms with Gasteiger partial charge in [0, 0.05) is 44.4 Å². The topological polar surface area (TPSA) is 106 Å². The SMILES string of the molecule is O=S(=O)(c1cc(-c2nnc(C3CCC3)o2)co1)N1CCN(c2ccccn2)CC1. The van der Waals surface area contributed by atoms with Crippen molar-refractivity contribution in [1.29, 1.82) is 0 Å². The highest BCUT2D eigenvalue weighted by molar-refractivity contribution is 7.89. The van der Waals surface area contributed by atoms with E-state index in [1.165, 1.54) is 23.1 Å². The second-order valence-corrected chi connectivity index (χ2v) is 9.18. The molecule has 10 heteroatoms. The maximum absolute atomic E-state index is 13.0. The van der Waals surface area contributed by atoms with Crippen LogP contribution < -0.4 is 4.90 Å². The summed E-state index contributed by atoms with van der Waals surface area (Å²) >= 11 is 0. The van der Waals surface area contributed by atoms with Crippen molar-refractivity contribution in [3.05, 3.63) is 42.6 Å². The summed E-state index contributed by atoms with van der Waals surface area (Å²) in [6, 6.07) is 7.16. The zero-order chi connectivity index (χ0) is 19.8. The lowest BCUT2D eigenvalue weighted by atomic mass is 9.85. The molecule has 0 radical (unpaired) electrons. The summed E-state index contributed by atoms with van der Waals surface area (Å²) in [7, 11) is -3.73. The first-order valence-electron chi connectivity index (χ1n) is 9.70. The second-order valence-electron chi connectivity index (χ2n) is 7.31. The highest BCUT2D eigenvalue weighted by Gasteiger charge is 2.32. The quantitative estimate of drug-likeness (QED) is 0.626. The standard InChI is InChI=1S/C19H21N5O4S/c25-29(26,24-10-8-23(9-11-24)16-6-1-2-7-20-16)17-12-15(13-27-17)19-22-21-18(28-19)14-4-3-5-14/h1-2,6-7,12-14H,3-5,8-11H2. The lowest BCUT2D eigenvalue weighted by molar-refractivity contribution is 0.338. The number of rotatable bonds is 5. The highest BCUT2D eigenvalue weighted by atomic mass is 32.2. The number of piperazine rings is 1. The summed E-state index contributed by atoms with van der Waals surface area (Å²) in [6.45, 7) is 1.86. The van der Waals surface area contributed by atoms with Crippen LogP contribution in [0.3, 0.4) is 0 Å². The Morgan fingerprint density at radius 1 is 1.07 bits per heavy atom. The largest absolute Gasteiger partial charge is 0.451 e. The van der Waals surface area contributed by atoms with Gasteiger partial charge in [-0.1, -0.05) is 12.5 Å². The molecule has 3 aromatic heterocycles. The minimum absolute atomic E-state index is 0.109. The summed E-state index contributed by atoms with van der Waals surface area (Å²) in [4.78, 5) is 6.39. The van der Waals surface area contributed by atoms with Gasteiger partial charge >= 0.3 is 0 Å². The molecule has 0 atom stereocenters. The normalized spacial score (nSPS) is 18.7. The number of anilines is 1. The van der Waals surface area contributed by atoms with Crippen LogP contribution in [0.25, 0.3) is 11.5 Å². The van der Waals surface area contributed by atoms with E-state index in [1.807, 2.05) is 18.2 Å². The fourth-order valence-corrected chi connectivity index (χ4v) is 4.91. The number of hydrogen-bond acceptors (Lipinski definition) is 8. The first-order valence-corrected chi connectivity index (χ1v) is 11.1. The van der Waals surface area contributed by atoms with Crippen molar-refractivity contribution in [3.63, 3.8) is 0 Å². The molecule has 1 aliphatic heterocycles. The molecular weight excluding hydrogens is 394 g/mol. The predicted octanol–water partition coefficient (Wildman–Crippen LogP) is 2.50. The second kappa shape index (κ2) is 7.27. The third-order valence-corrected chi connectivity index (χ3v) is 7.29. The van der Waals surface area contributed by atoms with Gasteiger partial charge in [-0.15, -0.1) is 10.2 Å². The van der Waals surface area contributed by atoms with E-state index in [4.69, 9.17) is 8.83 Å². The molecule has 29 heavy (non-hydrogen) atoms. The molecule has 1 aliphatic carbocycles. The molecule has 152 valence electrons. The van der Waals surface area contributed by atoms with Gasteiger partial charge in [-0.3, -0.25) is 0 Å². The third-order valence-electron chi connectivity index (χ3n) is 5.52. The van der Waals surface area contributed by atoms with Gasteiger partial charge in [0.05, 0.1) is 5.56 Å². The van der Waals surface area contributed by atoms with Crippen LogP contribution in [0, 0.1) is 0 Å². The van der Waals surface area contributed by atoms with Gasteiger partial charge in [0.15, 0.2) is 0 Å². The van der Waals surface area contributed by atoms with Gasteiger partial charge in [0.1, 0.15) is 12.1 Å². The molecular formula is C19H21N5O4S. The number of aromatic nitrogens is 3. The Morgan fingerprint density at radius 3 is 2.59 bits per heavy atom. The Morgan fingerprint density at radius 2 is 1.90 bits per heavy atom. The molecule has 3 aromatic rings. The van der Waals surface area contributed by atoms with Crippen LogP contribution in [0.2, 0.25) is 0 Å². The van der Waals surface area contributed by atoms with E-state index in [-0.39, 0.29) is 11.0 Å². The molecule has 0 aromatic carbocycles. The molecule has 2 fully saturated rings. The number of nitrogens with zero attached hydrogens (tertiary/aromatic N) is 5. The van der Waals surface area contributed by atoms with E-state index in [2.05, 4.69) is 20.1 Å². The molecule has 9 nitrogen and oxygen atoms in total. The average molecular weight is 415 g/mol. The molecule has 0 amide bonds. The van der Waals surface area contributed by atoms with E-state index in [9.17, 15) is 8.42 Å². The molecule has 0 unspecified atom stereocenters. The number of sulfonamides is 1. The fourth-order valence-electron chi connectivity index (χ4n) is 3.56. The summed E-state index contributed by atoms with van der Waals surface area (Å²) in [5.74, 6) is 2.07. The van der Waals surface area contributed by atoms with Crippen LogP contribution in [0.4, 0.5) is 5.82 Å². The molecule has 4 heterocycles. The molecule has 0 N–H and O–H groups in total. The monoisotopic (exact) mass is 415 g/mol. The van der Waals surface area contributed by atoms with Crippen LogP contribution in [-0.4, -0.2) is 54.1 Å². The minimum Gasteiger partial charge on any atom is -0.451 e. The summed E-state index contributed by atoms with van der Waals surface area (Å²) in [6.07, 6.45) is 6.37. The van der Waals surface area contributed by atoms with Crippen molar-refractivity contribution in [1.82, 2.24) is 19.5 Å². The van der Waals surface area contributed by atoms with E-state index in [0.717, 1.165) is 18.7 Å². The average Bonchev–Trinajstić information content (AvgIpc) is 3.38. The van der Waals surface area contributed by atoms with Gasteiger partial charge in [-0.2, -0.15) is 4.31 Å². The summed E-state index contributed by atoms with van der Waals surface area (Å²) in [5.41, 5.74) is 0.480. The van der Waals surface area contributed by atoms with Gasteiger partial charge < -0.3 is 13.7 Å². The van der Waals surface area contributed by atoms with Gasteiger partial charge in [0.2, 0.25) is 11.0 Å². The smallest absolute Gasteiger partial charge is 0.276 e. The van der Waals surface area contributed by atoms with Crippen molar-refractivity contribution in [2.24, 2.45) is 0 Å². The zero-order valence-corrected chi connectivity index (χ0v) is 16.6. The lowest BCUT2D eigenvalue weighted by Gasteiger charge is -2.34. The summed E-state index contributed by atoms with van der Waals surface area (Å²) in [5, 5.41) is 8.02. The van der Waals surface area contributed by atoms with Gasteiger partial charge in [-0.05, 0) is 25.0 Å².